The maximum Gasteiger partial charge on any atom is 0.243 e. The zero-order chi connectivity index (χ0) is 25.7. The van der Waals surface area contributed by atoms with Crippen LogP contribution in [0.25, 0.3) is 11.3 Å². The van der Waals surface area contributed by atoms with Crippen LogP contribution in [0.1, 0.15) is 29.8 Å². The quantitative estimate of drug-likeness (QED) is 0.467. The minimum atomic E-state index is -3.53. The number of hydrogen-bond acceptors (Lipinski definition) is 8. The van der Waals surface area contributed by atoms with Crippen molar-refractivity contribution in [2.45, 2.75) is 30.3 Å². The molecule has 1 aromatic heterocycles. The summed E-state index contributed by atoms with van der Waals surface area (Å²) in [5.41, 5.74) is 2.86. The van der Waals surface area contributed by atoms with E-state index in [1.165, 1.54) is 4.31 Å². The molecule has 0 unspecified atom stereocenters. The predicted molar refractivity (Wildman–Crippen MR) is 135 cm³/mol. The Morgan fingerprint density at radius 3 is 2.46 bits per heavy atom. The topological polar surface area (TPSA) is 115 Å². The van der Waals surface area contributed by atoms with Gasteiger partial charge in [0, 0.05) is 44.1 Å². The number of nitrogens with zero attached hydrogens (tertiary/aromatic N) is 4. The minimum absolute atomic E-state index is 0.0487. The Morgan fingerprint density at radius 2 is 1.73 bits per heavy atom. The van der Waals surface area contributed by atoms with E-state index in [4.69, 9.17) is 14.2 Å². The number of aromatic nitrogens is 2. The van der Waals surface area contributed by atoms with Crippen molar-refractivity contribution < 1.29 is 22.6 Å². The van der Waals surface area contributed by atoms with Crippen LogP contribution in [0.4, 0.5) is 0 Å². The molecule has 2 aromatic carbocycles. The SMILES string of the molecule is N#Cc1cc(-c2ccnc(Cc3ccc(S(=O)(=O)N4CCOCC4)cc3)n2)ccc1OC1CCOCC1. The van der Waals surface area contributed by atoms with Gasteiger partial charge in [0.1, 0.15) is 23.7 Å². The van der Waals surface area contributed by atoms with Crippen LogP contribution in [-0.2, 0) is 25.9 Å². The van der Waals surface area contributed by atoms with Crippen LogP contribution in [-0.4, -0.2) is 68.3 Å². The largest absolute Gasteiger partial charge is 0.489 e. The molecule has 3 aromatic rings. The van der Waals surface area contributed by atoms with E-state index < -0.39 is 10.0 Å². The molecule has 0 saturated carbocycles. The first-order chi connectivity index (χ1) is 18.0. The molecule has 2 fully saturated rings. The second-order valence-electron chi connectivity index (χ2n) is 8.95. The van der Waals surface area contributed by atoms with Crippen LogP contribution in [0.2, 0.25) is 0 Å². The number of nitriles is 1. The smallest absolute Gasteiger partial charge is 0.243 e. The van der Waals surface area contributed by atoms with Crippen LogP contribution >= 0.6 is 0 Å². The molecular formula is C27H28N4O5S. The molecule has 3 heterocycles. The van der Waals surface area contributed by atoms with Crippen LogP contribution in [0, 0.1) is 11.3 Å². The van der Waals surface area contributed by atoms with Crippen LogP contribution < -0.4 is 4.74 Å². The molecule has 0 aliphatic carbocycles. The molecule has 9 nitrogen and oxygen atoms in total. The van der Waals surface area contributed by atoms with Crippen molar-refractivity contribution in [2.75, 3.05) is 39.5 Å². The summed E-state index contributed by atoms with van der Waals surface area (Å²) in [5, 5.41) is 9.69. The Labute approximate surface area is 216 Å². The number of rotatable bonds is 7. The molecule has 192 valence electrons. The van der Waals surface area contributed by atoms with E-state index >= 15 is 0 Å². The average molecular weight is 521 g/mol. The molecule has 0 radical (unpaired) electrons. The maximum absolute atomic E-state index is 12.9. The van der Waals surface area contributed by atoms with Crippen molar-refractivity contribution in [1.29, 1.82) is 5.26 Å². The van der Waals surface area contributed by atoms with Crippen molar-refractivity contribution in [3.63, 3.8) is 0 Å². The summed E-state index contributed by atoms with van der Waals surface area (Å²) in [6, 6.07) is 16.4. The fraction of sp³-hybridized carbons (Fsp3) is 0.370. The molecule has 0 atom stereocenters. The first-order valence-electron chi connectivity index (χ1n) is 12.3. The molecular weight excluding hydrogens is 492 g/mol. The zero-order valence-corrected chi connectivity index (χ0v) is 21.2. The summed E-state index contributed by atoms with van der Waals surface area (Å²) >= 11 is 0. The molecule has 0 N–H and O–H groups in total. The summed E-state index contributed by atoms with van der Waals surface area (Å²) in [5.74, 6) is 1.17. The molecule has 2 aliphatic heterocycles. The monoisotopic (exact) mass is 520 g/mol. The van der Waals surface area contributed by atoms with Gasteiger partial charge in [0.05, 0.1) is 42.6 Å². The summed E-state index contributed by atoms with van der Waals surface area (Å²) in [6.07, 6.45) is 3.80. The number of benzene rings is 2. The fourth-order valence-corrected chi connectivity index (χ4v) is 5.80. The van der Waals surface area contributed by atoms with Gasteiger partial charge in [-0.1, -0.05) is 12.1 Å². The lowest BCUT2D eigenvalue weighted by Crippen LogP contribution is -2.40. The van der Waals surface area contributed by atoms with Gasteiger partial charge in [-0.15, -0.1) is 0 Å². The summed E-state index contributed by atoms with van der Waals surface area (Å²) < 4.78 is 43.9. The van der Waals surface area contributed by atoms with Gasteiger partial charge in [-0.2, -0.15) is 9.57 Å². The maximum atomic E-state index is 12.9. The lowest BCUT2D eigenvalue weighted by Gasteiger charge is -2.26. The van der Waals surface area contributed by atoms with Gasteiger partial charge < -0.3 is 14.2 Å². The van der Waals surface area contributed by atoms with Gasteiger partial charge in [-0.05, 0) is 42.0 Å². The van der Waals surface area contributed by atoms with Crippen molar-refractivity contribution in [1.82, 2.24) is 14.3 Å². The van der Waals surface area contributed by atoms with E-state index in [0.29, 0.717) is 68.8 Å². The standard InChI is InChI=1S/C27H28N4O5S/c28-19-22-18-21(3-6-26(22)36-23-8-13-34-14-9-23)25-7-10-29-27(30-25)17-20-1-4-24(5-2-20)37(32,33)31-11-15-35-16-12-31/h1-7,10,18,23H,8-9,11-17H2. The van der Waals surface area contributed by atoms with Gasteiger partial charge in [0.15, 0.2) is 0 Å². The fourth-order valence-electron chi connectivity index (χ4n) is 4.40. The molecule has 5 rings (SSSR count). The third kappa shape index (κ3) is 5.97. The molecule has 37 heavy (non-hydrogen) atoms. The van der Waals surface area contributed by atoms with Gasteiger partial charge in [-0.25, -0.2) is 18.4 Å². The highest BCUT2D eigenvalue weighted by atomic mass is 32.2. The molecule has 2 aliphatic rings. The zero-order valence-electron chi connectivity index (χ0n) is 20.4. The average Bonchev–Trinajstić information content (AvgIpc) is 2.95. The van der Waals surface area contributed by atoms with Gasteiger partial charge in [0.2, 0.25) is 10.0 Å². The number of sulfonamides is 1. The van der Waals surface area contributed by atoms with E-state index in [1.54, 1.807) is 42.6 Å². The van der Waals surface area contributed by atoms with Crippen molar-refractivity contribution in [3.05, 3.63) is 71.7 Å². The highest BCUT2D eigenvalue weighted by molar-refractivity contribution is 7.89. The predicted octanol–water partition coefficient (Wildman–Crippen LogP) is 3.18. The van der Waals surface area contributed by atoms with E-state index in [0.717, 1.165) is 24.0 Å². The lowest BCUT2D eigenvalue weighted by molar-refractivity contribution is 0.0254. The first kappa shape index (κ1) is 25.3. The van der Waals surface area contributed by atoms with E-state index in [1.807, 2.05) is 12.1 Å². The van der Waals surface area contributed by atoms with Crippen molar-refractivity contribution >= 4 is 10.0 Å². The van der Waals surface area contributed by atoms with Gasteiger partial charge in [-0.3, -0.25) is 0 Å². The van der Waals surface area contributed by atoms with Gasteiger partial charge >= 0.3 is 0 Å². The summed E-state index contributed by atoms with van der Waals surface area (Å²) in [6.45, 7) is 2.88. The van der Waals surface area contributed by atoms with Crippen LogP contribution in [0.3, 0.4) is 0 Å². The summed E-state index contributed by atoms with van der Waals surface area (Å²) in [4.78, 5) is 9.34. The van der Waals surface area contributed by atoms with Crippen molar-refractivity contribution in [3.8, 4) is 23.1 Å². The van der Waals surface area contributed by atoms with Crippen LogP contribution in [0.15, 0.2) is 59.6 Å². The van der Waals surface area contributed by atoms with Crippen LogP contribution in [0.5, 0.6) is 5.75 Å². The third-order valence-electron chi connectivity index (χ3n) is 6.46. The Kier molecular flexibility index (Phi) is 7.76. The molecule has 0 bridgehead atoms. The Balaban J connectivity index is 1.29. The number of ether oxygens (including phenoxy) is 3. The van der Waals surface area contributed by atoms with E-state index in [2.05, 4.69) is 16.0 Å². The Morgan fingerprint density at radius 1 is 1.00 bits per heavy atom. The molecule has 0 spiro atoms. The highest BCUT2D eigenvalue weighted by Gasteiger charge is 2.26. The number of hydrogen-bond donors (Lipinski definition) is 0. The summed E-state index contributed by atoms with van der Waals surface area (Å²) in [7, 11) is -3.53. The molecule has 0 amide bonds. The third-order valence-corrected chi connectivity index (χ3v) is 8.37. The first-order valence-corrected chi connectivity index (χ1v) is 13.7. The van der Waals surface area contributed by atoms with Gasteiger partial charge in [0.25, 0.3) is 0 Å². The minimum Gasteiger partial charge on any atom is -0.489 e. The molecule has 10 heteroatoms. The lowest BCUT2D eigenvalue weighted by atomic mass is 10.1. The second kappa shape index (κ2) is 11.4. The molecule has 2 saturated heterocycles. The van der Waals surface area contributed by atoms with E-state index in [-0.39, 0.29) is 11.0 Å². The van der Waals surface area contributed by atoms with Crippen molar-refractivity contribution in [2.24, 2.45) is 0 Å². The second-order valence-corrected chi connectivity index (χ2v) is 10.9. The number of morpholine rings is 1. The Hall–Kier alpha value is -3.36. The highest BCUT2D eigenvalue weighted by Crippen LogP contribution is 2.28. The Bertz CT molecular complexity index is 1380. The normalized spacial score (nSPS) is 17.3. The van der Waals surface area contributed by atoms with E-state index in [9.17, 15) is 13.7 Å².